The van der Waals surface area contributed by atoms with Crippen LogP contribution in [-0.4, -0.2) is 98.9 Å². The van der Waals surface area contributed by atoms with Gasteiger partial charge in [-0.25, -0.2) is 4.57 Å². The summed E-state index contributed by atoms with van der Waals surface area (Å²) in [6.45, 7) is 4.34. The molecule has 418 valence electrons. The molecule has 0 bridgehead atoms. The van der Waals surface area contributed by atoms with Crippen molar-refractivity contribution in [1.82, 2.24) is 0 Å². The van der Waals surface area contributed by atoms with E-state index in [9.17, 15) is 39.8 Å². The summed E-state index contributed by atoms with van der Waals surface area (Å²) in [5, 5.41) is 50.4. The van der Waals surface area contributed by atoms with E-state index in [1.54, 1.807) is 0 Å². The molecule has 1 rings (SSSR count). The first-order valence-corrected chi connectivity index (χ1v) is 31.4. The minimum absolute atomic E-state index is 0.0671. The van der Waals surface area contributed by atoms with Crippen LogP contribution in [-0.2, 0) is 27.9 Å². The van der Waals surface area contributed by atoms with E-state index < -0.39 is 63.1 Å². The second-order valence-corrected chi connectivity index (χ2v) is 22.6. The number of carbonyl (C=O) groups is 1. The molecule has 0 heterocycles. The number of phosphoric acid groups is 1. The molecule has 1 aliphatic carbocycles. The van der Waals surface area contributed by atoms with Gasteiger partial charge in [0.05, 0.1) is 13.2 Å². The molecule has 0 amide bonds. The lowest BCUT2D eigenvalue weighted by molar-refractivity contribution is -0.220. The van der Waals surface area contributed by atoms with Crippen molar-refractivity contribution in [2.75, 3.05) is 19.8 Å². The molecule has 6 unspecified atom stereocenters. The first kappa shape index (κ1) is 67.4. The summed E-state index contributed by atoms with van der Waals surface area (Å²) in [5.74, 6) is -0.466. The number of aliphatic hydroxyl groups is 5. The van der Waals surface area contributed by atoms with Gasteiger partial charge in [-0.2, -0.15) is 0 Å². The van der Waals surface area contributed by atoms with Crippen molar-refractivity contribution in [2.45, 2.75) is 339 Å². The molecule has 6 N–H and O–H groups in total. The van der Waals surface area contributed by atoms with Crippen LogP contribution in [0.5, 0.6) is 0 Å². The molecule has 8 atom stereocenters. The van der Waals surface area contributed by atoms with Crippen LogP contribution in [0.3, 0.4) is 0 Å². The fourth-order valence-corrected chi connectivity index (χ4v) is 10.7. The summed E-state index contributed by atoms with van der Waals surface area (Å²) in [7, 11) is -5.02. The molecule has 13 heteroatoms. The van der Waals surface area contributed by atoms with Gasteiger partial charge in [-0.05, 0) is 12.8 Å². The predicted molar refractivity (Wildman–Crippen MR) is 286 cm³/mol. The van der Waals surface area contributed by atoms with Crippen LogP contribution >= 0.6 is 7.82 Å². The van der Waals surface area contributed by atoms with E-state index in [1.807, 2.05) is 0 Å². The number of hydrogen-bond acceptors (Lipinski definition) is 11. The maximum atomic E-state index is 12.9. The molecule has 0 radical (unpaired) electrons. The topological polar surface area (TPSA) is 192 Å². The SMILES string of the molecule is CCCCCCCCCCCCCCCCCCCCCCCCCCCCCC(=O)O[C@H](COCCCCCCCCCCCCCCCCCC)COP(=O)(O)OC1C(O)C(O)C(O)[C@@H](O)C1O. The fraction of sp³-hybridized carbons (Fsp3) is 0.982. The molecule has 0 aromatic rings. The van der Waals surface area contributed by atoms with E-state index in [0.717, 1.165) is 38.5 Å². The number of hydrogen-bond donors (Lipinski definition) is 6. The van der Waals surface area contributed by atoms with Crippen molar-refractivity contribution < 1.29 is 58.3 Å². The van der Waals surface area contributed by atoms with E-state index in [2.05, 4.69) is 13.8 Å². The van der Waals surface area contributed by atoms with Crippen LogP contribution in [0.2, 0.25) is 0 Å². The third-order valence-electron chi connectivity index (χ3n) is 14.5. The molecule has 0 aliphatic heterocycles. The third kappa shape index (κ3) is 38.9. The first-order chi connectivity index (χ1) is 34.0. The molecular formula is C57H113O12P. The van der Waals surface area contributed by atoms with Gasteiger partial charge in [-0.3, -0.25) is 13.8 Å². The summed E-state index contributed by atoms with van der Waals surface area (Å²) in [6.07, 6.45) is 43.3. The molecule has 0 spiro atoms. The average Bonchev–Trinajstić information content (AvgIpc) is 3.35. The zero-order valence-corrected chi connectivity index (χ0v) is 46.2. The predicted octanol–water partition coefficient (Wildman–Crippen LogP) is 14.4. The van der Waals surface area contributed by atoms with Crippen LogP contribution in [0.1, 0.15) is 296 Å². The van der Waals surface area contributed by atoms with Crippen LogP contribution < -0.4 is 0 Å². The minimum atomic E-state index is -5.02. The summed E-state index contributed by atoms with van der Waals surface area (Å²) >= 11 is 0. The molecule has 1 aliphatic rings. The lowest BCUT2D eigenvalue weighted by Crippen LogP contribution is -2.64. The second-order valence-electron chi connectivity index (χ2n) is 21.2. The maximum absolute atomic E-state index is 12.9. The first-order valence-electron chi connectivity index (χ1n) is 29.9. The Labute approximate surface area is 429 Å². The van der Waals surface area contributed by atoms with Gasteiger partial charge in [0, 0.05) is 13.0 Å². The summed E-state index contributed by atoms with van der Waals surface area (Å²) in [4.78, 5) is 23.3. The summed E-state index contributed by atoms with van der Waals surface area (Å²) < 4.78 is 34.4. The highest BCUT2D eigenvalue weighted by Gasteiger charge is 2.51. The van der Waals surface area contributed by atoms with Gasteiger partial charge in [-0.15, -0.1) is 0 Å². The van der Waals surface area contributed by atoms with Crippen molar-refractivity contribution in [3.8, 4) is 0 Å². The highest BCUT2D eigenvalue weighted by molar-refractivity contribution is 7.47. The van der Waals surface area contributed by atoms with E-state index in [0.29, 0.717) is 13.0 Å². The molecule has 0 saturated heterocycles. The third-order valence-corrected chi connectivity index (χ3v) is 15.5. The van der Waals surface area contributed by atoms with Crippen molar-refractivity contribution >= 4 is 13.8 Å². The quantitative estimate of drug-likeness (QED) is 0.0192. The highest BCUT2D eigenvalue weighted by atomic mass is 31.2. The molecule has 70 heavy (non-hydrogen) atoms. The van der Waals surface area contributed by atoms with Gasteiger partial charge in [0.2, 0.25) is 0 Å². The van der Waals surface area contributed by atoms with Crippen LogP contribution in [0.25, 0.3) is 0 Å². The van der Waals surface area contributed by atoms with Gasteiger partial charge in [-0.1, -0.05) is 277 Å². The Morgan fingerprint density at radius 2 is 0.671 bits per heavy atom. The van der Waals surface area contributed by atoms with E-state index in [-0.39, 0.29) is 13.0 Å². The number of phosphoric ester groups is 1. The van der Waals surface area contributed by atoms with Gasteiger partial charge in [0.25, 0.3) is 0 Å². The van der Waals surface area contributed by atoms with Crippen LogP contribution in [0, 0.1) is 0 Å². The largest absolute Gasteiger partial charge is 0.472 e. The summed E-state index contributed by atoms with van der Waals surface area (Å²) in [6, 6.07) is 0. The molecular weight excluding hydrogens is 908 g/mol. The van der Waals surface area contributed by atoms with Crippen molar-refractivity contribution in [3.05, 3.63) is 0 Å². The molecule has 0 aromatic carbocycles. The normalized spacial score (nSPS) is 20.7. The number of ether oxygens (including phenoxy) is 2. The van der Waals surface area contributed by atoms with Crippen molar-refractivity contribution in [2.24, 2.45) is 0 Å². The average molecular weight is 1020 g/mol. The van der Waals surface area contributed by atoms with Gasteiger partial charge in [0.1, 0.15) is 42.7 Å². The number of carbonyl (C=O) groups excluding carboxylic acids is 1. The van der Waals surface area contributed by atoms with E-state index in [1.165, 1.54) is 231 Å². The Balaban J connectivity index is 2.21. The van der Waals surface area contributed by atoms with E-state index >= 15 is 0 Å². The molecule has 1 saturated carbocycles. The smallest absolute Gasteiger partial charge is 0.457 e. The van der Waals surface area contributed by atoms with Gasteiger partial charge >= 0.3 is 13.8 Å². The molecule has 1 fully saturated rings. The zero-order valence-electron chi connectivity index (χ0n) is 45.4. The Bertz CT molecular complexity index is 1160. The Morgan fingerprint density at radius 3 is 0.986 bits per heavy atom. The molecule has 0 aromatic heterocycles. The Hall–Kier alpha value is -0.660. The molecule has 12 nitrogen and oxygen atoms in total. The number of aliphatic hydroxyl groups excluding tert-OH is 5. The van der Waals surface area contributed by atoms with Crippen LogP contribution in [0.4, 0.5) is 0 Å². The van der Waals surface area contributed by atoms with Gasteiger partial charge in [0.15, 0.2) is 0 Å². The Kier molecular flexibility index (Phi) is 46.2. The maximum Gasteiger partial charge on any atom is 0.472 e. The fourth-order valence-electron chi connectivity index (χ4n) is 9.77. The van der Waals surface area contributed by atoms with E-state index in [4.69, 9.17) is 18.5 Å². The van der Waals surface area contributed by atoms with Crippen molar-refractivity contribution in [3.63, 3.8) is 0 Å². The van der Waals surface area contributed by atoms with Gasteiger partial charge < -0.3 is 39.9 Å². The standard InChI is InChI=1S/C57H113O12P/c1-3-5-7-9-11-13-15-17-19-21-22-23-24-25-26-27-28-29-30-31-32-34-36-38-40-42-44-46-51(58)68-50(49-67-70(64,65)69-57-55(62)53(60)52(59)54(61)56(57)63)48-66-47-45-43-41-39-37-35-33-20-18-16-14-12-10-8-6-4-2/h50,52-57,59-63H,3-49H2,1-2H3,(H,64,65)/t50-,52?,53-,54?,55?,56?,57?/m1/s1. The Morgan fingerprint density at radius 1 is 0.400 bits per heavy atom. The van der Waals surface area contributed by atoms with Crippen LogP contribution in [0.15, 0.2) is 0 Å². The highest BCUT2D eigenvalue weighted by Crippen LogP contribution is 2.47. The summed E-state index contributed by atoms with van der Waals surface area (Å²) in [5.41, 5.74) is 0. The monoisotopic (exact) mass is 1020 g/mol. The number of rotatable bonds is 53. The number of unbranched alkanes of at least 4 members (excludes halogenated alkanes) is 41. The minimum Gasteiger partial charge on any atom is -0.457 e. The lowest BCUT2D eigenvalue weighted by atomic mass is 9.85. The lowest BCUT2D eigenvalue weighted by Gasteiger charge is -2.41. The number of esters is 1. The second kappa shape index (κ2) is 48.0. The zero-order chi connectivity index (χ0) is 51.2. The van der Waals surface area contributed by atoms with Crippen molar-refractivity contribution in [1.29, 1.82) is 0 Å².